The van der Waals surface area contributed by atoms with Crippen molar-refractivity contribution in [3.05, 3.63) is 59.8 Å². The minimum atomic E-state index is 0.194. The number of hydrogen-bond donors (Lipinski definition) is 0. The van der Waals surface area contributed by atoms with Crippen LogP contribution in [0.2, 0.25) is 5.02 Å². The number of halogens is 1. The lowest BCUT2D eigenvalue weighted by atomic mass is 10.1. The van der Waals surface area contributed by atoms with Gasteiger partial charge in [0.05, 0.1) is 12.2 Å². The number of imidazole rings is 1. The van der Waals surface area contributed by atoms with Crippen molar-refractivity contribution >= 4 is 17.4 Å². The smallest absolute Gasteiger partial charge is 0.152 e. The number of carbonyl (C=O) groups excluding carboxylic acids is 1. The Morgan fingerprint density at radius 3 is 2.53 bits per heavy atom. The minimum Gasteiger partial charge on any atom is -0.492 e. The Bertz CT molecular complexity index is 1090. The molecule has 1 aliphatic rings. The fourth-order valence-corrected chi connectivity index (χ4v) is 4.63. The number of ether oxygens (including phenoxy) is 1. The van der Waals surface area contributed by atoms with Crippen molar-refractivity contribution in [2.45, 2.75) is 46.1 Å². The number of Topliss-reactive ketones (excluding diaryl/α,β-unsaturated/α-hetero) is 1. The van der Waals surface area contributed by atoms with E-state index < -0.39 is 0 Å². The Hall–Kier alpha value is -2.63. The number of hydrogen-bond acceptors (Lipinski definition) is 4. The van der Waals surface area contributed by atoms with Gasteiger partial charge in [0.15, 0.2) is 5.78 Å². The highest BCUT2D eigenvalue weighted by Crippen LogP contribution is 2.28. The van der Waals surface area contributed by atoms with Gasteiger partial charge in [-0.05, 0) is 68.2 Å². The fraction of sp³-hybridized carbons (Fsp3) is 0.429. The maximum absolute atomic E-state index is 12.6. The van der Waals surface area contributed by atoms with Gasteiger partial charge in [0.2, 0.25) is 0 Å². The normalized spacial score (nSPS) is 14.5. The molecule has 4 rings (SSSR count). The number of carbonyl (C=O) groups is 1. The number of rotatable bonds is 10. The van der Waals surface area contributed by atoms with Crippen LogP contribution in [0, 0.1) is 5.92 Å². The van der Waals surface area contributed by atoms with Gasteiger partial charge in [0.25, 0.3) is 0 Å². The zero-order valence-corrected chi connectivity index (χ0v) is 20.9. The van der Waals surface area contributed by atoms with E-state index in [1.165, 1.54) is 32.4 Å². The molecule has 0 N–H and O–H groups in total. The molecule has 0 saturated carbocycles. The second-order valence-corrected chi connectivity index (χ2v) is 9.94. The molecule has 1 aliphatic heterocycles. The Balaban J connectivity index is 1.49. The van der Waals surface area contributed by atoms with E-state index in [1.54, 1.807) is 0 Å². The van der Waals surface area contributed by atoms with Crippen molar-refractivity contribution in [2.75, 3.05) is 26.2 Å². The summed E-state index contributed by atoms with van der Waals surface area (Å²) in [5.41, 5.74) is 2.71. The number of benzene rings is 2. The van der Waals surface area contributed by atoms with Gasteiger partial charge in [0, 0.05) is 35.3 Å². The highest BCUT2D eigenvalue weighted by molar-refractivity contribution is 6.30. The van der Waals surface area contributed by atoms with Gasteiger partial charge in [-0.3, -0.25) is 9.69 Å². The maximum Gasteiger partial charge on any atom is 0.152 e. The topological polar surface area (TPSA) is 47.4 Å². The molecule has 0 amide bonds. The third-order valence-corrected chi connectivity index (χ3v) is 6.35. The van der Waals surface area contributed by atoms with Gasteiger partial charge < -0.3 is 9.30 Å². The van der Waals surface area contributed by atoms with Crippen LogP contribution in [0.4, 0.5) is 0 Å². The standard InChI is InChI=1S/C28H34ClN3O2/c1-21(2)17-25(33)19-32-20-27(30-28(32)23-7-6-8-24(29)18-23)22-9-11-26(12-10-22)34-16-15-31-13-4-3-5-14-31/h6-12,18,20-21H,3-5,13-17,19H2,1-2H3. The third-order valence-electron chi connectivity index (χ3n) is 6.12. The van der Waals surface area contributed by atoms with Crippen molar-refractivity contribution in [3.63, 3.8) is 0 Å². The van der Waals surface area contributed by atoms with E-state index in [0.29, 0.717) is 30.5 Å². The van der Waals surface area contributed by atoms with Crippen molar-refractivity contribution < 1.29 is 9.53 Å². The summed E-state index contributed by atoms with van der Waals surface area (Å²) in [6.07, 6.45) is 6.44. The molecule has 34 heavy (non-hydrogen) atoms. The SMILES string of the molecule is CC(C)CC(=O)Cn1cc(-c2ccc(OCCN3CCCCC3)cc2)nc1-c1cccc(Cl)c1. The van der Waals surface area contributed by atoms with Crippen LogP contribution in [0.1, 0.15) is 39.5 Å². The number of ketones is 1. The Labute approximate surface area is 207 Å². The molecular formula is C28H34ClN3O2. The second-order valence-electron chi connectivity index (χ2n) is 9.50. The summed E-state index contributed by atoms with van der Waals surface area (Å²) in [6.45, 7) is 8.45. The van der Waals surface area contributed by atoms with E-state index >= 15 is 0 Å². The predicted molar refractivity (Wildman–Crippen MR) is 138 cm³/mol. The monoisotopic (exact) mass is 479 g/mol. The van der Waals surface area contributed by atoms with E-state index in [0.717, 1.165) is 34.9 Å². The van der Waals surface area contributed by atoms with Crippen LogP contribution in [0.5, 0.6) is 5.75 Å². The molecule has 2 heterocycles. The van der Waals surface area contributed by atoms with E-state index in [-0.39, 0.29) is 5.78 Å². The molecule has 2 aromatic carbocycles. The van der Waals surface area contributed by atoms with Gasteiger partial charge in [-0.2, -0.15) is 0 Å². The molecule has 1 aromatic heterocycles. The molecule has 180 valence electrons. The number of nitrogens with zero attached hydrogens (tertiary/aromatic N) is 3. The second kappa shape index (κ2) is 11.7. The van der Waals surface area contributed by atoms with E-state index in [9.17, 15) is 4.79 Å². The molecule has 0 spiro atoms. The summed E-state index contributed by atoms with van der Waals surface area (Å²) in [5.74, 6) is 2.13. The summed E-state index contributed by atoms with van der Waals surface area (Å²) >= 11 is 6.23. The zero-order valence-electron chi connectivity index (χ0n) is 20.2. The van der Waals surface area contributed by atoms with E-state index in [1.807, 2.05) is 59.3 Å². The summed E-state index contributed by atoms with van der Waals surface area (Å²) in [4.78, 5) is 19.9. The summed E-state index contributed by atoms with van der Waals surface area (Å²) in [6, 6.07) is 15.6. The molecule has 1 fully saturated rings. The third kappa shape index (κ3) is 6.71. The summed E-state index contributed by atoms with van der Waals surface area (Å²) < 4.78 is 7.91. The van der Waals surface area contributed by atoms with Gasteiger partial charge in [-0.25, -0.2) is 4.98 Å². The highest BCUT2D eigenvalue weighted by Gasteiger charge is 2.16. The lowest BCUT2D eigenvalue weighted by molar-refractivity contribution is -0.120. The van der Waals surface area contributed by atoms with Crippen LogP contribution < -0.4 is 4.74 Å². The van der Waals surface area contributed by atoms with Gasteiger partial charge in [0.1, 0.15) is 18.2 Å². The minimum absolute atomic E-state index is 0.194. The maximum atomic E-state index is 12.6. The molecule has 0 unspecified atom stereocenters. The Kier molecular flexibility index (Phi) is 8.41. The first-order valence-corrected chi connectivity index (χ1v) is 12.7. The number of aromatic nitrogens is 2. The van der Waals surface area contributed by atoms with Crippen molar-refractivity contribution in [2.24, 2.45) is 5.92 Å². The average Bonchev–Trinajstić information content (AvgIpc) is 3.23. The number of likely N-dealkylation sites (tertiary alicyclic amines) is 1. The molecule has 0 aliphatic carbocycles. The molecule has 0 bridgehead atoms. The first-order valence-electron chi connectivity index (χ1n) is 12.3. The lowest BCUT2D eigenvalue weighted by Crippen LogP contribution is -2.33. The molecule has 0 atom stereocenters. The lowest BCUT2D eigenvalue weighted by Gasteiger charge is -2.26. The van der Waals surface area contributed by atoms with Gasteiger partial charge in [-0.15, -0.1) is 0 Å². The molecular weight excluding hydrogens is 446 g/mol. The molecule has 6 heteroatoms. The fourth-order valence-electron chi connectivity index (χ4n) is 4.44. The quantitative estimate of drug-likeness (QED) is 0.340. The first kappa shape index (κ1) is 24.5. The summed E-state index contributed by atoms with van der Waals surface area (Å²) in [5, 5.41) is 0.646. The molecule has 1 saturated heterocycles. The average molecular weight is 480 g/mol. The molecule has 5 nitrogen and oxygen atoms in total. The van der Waals surface area contributed by atoms with Crippen LogP contribution in [-0.2, 0) is 11.3 Å². The Morgan fingerprint density at radius 2 is 1.82 bits per heavy atom. The van der Waals surface area contributed by atoms with Crippen LogP contribution in [0.15, 0.2) is 54.7 Å². The van der Waals surface area contributed by atoms with Crippen molar-refractivity contribution in [1.82, 2.24) is 14.5 Å². The number of piperidine rings is 1. The van der Waals surface area contributed by atoms with Crippen LogP contribution in [-0.4, -0.2) is 46.5 Å². The molecule has 3 aromatic rings. The molecule has 0 radical (unpaired) electrons. The predicted octanol–water partition coefficient (Wildman–Crippen LogP) is 6.35. The summed E-state index contributed by atoms with van der Waals surface area (Å²) in [7, 11) is 0. The van der Waals surface area contributed by atoms with Crippen LogP contribution in [0.25, 0.3) is 22.6 Å². The largest absolute Gasteiger partial charge is 0.492 e. The van der Waals surface area contributed by atoms with Gasteiger partial charge >= 0.3 is 0 Å². The van der Waals surface area contributed by atoms with E-state index in [4.69, 9.17) is 21.3 Å². The van der Waals surface area contributed by atoms with Crippen LogP contribution in [0.3, 0.4) is 0 Å². The zero-order chi connectivity index (χ0) is 23.9. The Morgan fingerprint density at radius 1 is 1.06 bits per heavy atom. The van der Waals surface area contributed by atoms with Gasteiger partial charge in [-0.1, -0.05) is 44.0 Å². The van der Waals surface area contributed by atoms with E-state index in [2.05, 4.69) is 18.7 Å². The first-order chi connectivity index (χ1) is 16.5. The van der Waals surface area contributed by atoms with Crippen LogP contribution >= 0.6 is 11.6 Å². The van der Waals surface area contributed by atoms with Crippen molar-refractivity contribution in [3.8, 4) is 28.4 Å². The van der Waals surface area contributed by atoms with Crippen molar-refractivity contribution in [1.29, 1.82) is 0 Å². The highest BCUT2D eigenvalue weighted by atomic mass is 35.5.